The van der Waals surface area contributed by atoms with E-state index in [1.165, 1.54) is 21.8 Å². The first-order valence-corrected chi connectivity index (χ1v) is 19.5. The van der Waals surface area contributed by atoms with Crippen molar-refractivity contribution < 1.29 is 4.42 Å². The van der Waals surface area contributed by atoms with Gasteiger partial charge < -0.3 is 8.98 Å². The number of rotatable bonds is 5. The number of nitrogens with zero attached hydrogens (tertiary/aromatic N) is 4. The molecule has 8 aromatic carbocycles. The highest BCUT2D eigenvalue weighted by molar-refractivity contribution is 6.19. The minimum absolute atomic E-state index is 0.656. The Bertz CT molecular complexity index is 3510. The van der Waals surface area contributed by atoms with Crippen molar-refractivity contribution >= 4 is 65.4 Å². The fraction of sp³-hybridized carbons (Fsp3) is 0. The highest BCUT2D eigenvalue weighted by Crippen LogP contribution is 2.41. The molecule has 0 N–H and O–H groups in total. The molecule has 5 heteroatoms. The van der Waals surface area contributed by atoms with E-state index in [9.17, 15) is 0 Å². The third kappa shape index (κ3) is 5.00. The molecular weight excluding hydrogens is 709 g/mol. The van der Waals surface area contributed by atoms with Crippen LogP contribution >= 0.6 is 0 Å². The lowest BCUT2D eigenvalue weighted by atomic mass is 9.98. The van der Waals surface area contributed by atoms with E-state index in [2.05, 4.69) is 162 Å². The van der Waals surface area contributed by atoms with Crippen molar-refractivity contribution in [2.45, 2.75) is 0 Å². The van der Waals surface area contributed by atoms with E-state index >= 15 is 0 Å². The lowest BCUT2D eigenvalue weighted by Crippen LogP contribution is -1.99. The predicted octanol–water partition coefficient (Wildman–Crippen LogP) is 13.8. The average Bonchev–Trinajstić information content (AvgIpc) is 3.85. The van der Waals surface area contributed by atoms with E-state index in [4.69, 9.17) is 19.4 Å². The Labute approximate surface area is 333 Å². The van der Waals surface area contributed by atoms with E-state index < -0.39 is 0 Å². The molecule has 0 aliphatic rings. The van der Waals surface area contributed by atoms with Crippen LogP contribution in [0.3, 0.4) is 0 Å². The van der Waals surface area contributed by atoms with Crippen LogP contribution in [0.5, 0.6) is 0 Å². The van der Waals surface area contributed by atoms with Gasteiger partial charge in [-0.15, -0.1) is 0 Å². The molecule has 4 aromatic heterocycles. The number of fused-ring (bicyclic) bond motifs is 9. The zero-order chi connectivity index (χ0) is 38.2. The minimum Gasteiger partial charge on any atom is -0.455 e. The summed E-state index contributed by atoms with van der Waals surface area (Å²) in [6.07, 6.45) is 0. The largest absolute Gasteiger partial charge is 0.455 e. The van der Waals surface area contributed by atoms with Crippen LogP contribution in [0.2, 0.25) is 0 Å². The van der Waals surface area contributed by atoms with Crippen LogP contribution in [0.15, 0.2) is 199 Å². The number of benzene rings is 8. The summed E-state index contributed by atoms with van der Waals surface area (Å²) in [6.45, 7) is 0. The summed E-state index contributed by atoms with van der Waals surface area (Å²) in [6, 6.07) is 67.7. The molecule has 0 fully saturated rings. The van der Waals surface area contributed by atoms with Crippen LogP contribution in [-0.2, 0) is 0 Å². The molecule has 0 bridgehead atoms. The standard InChI is InChI=1S/C53H32N4O/c1-2-14-33(15-3-1)44-32-45(37-30-31-48(38-17-5-4-16-36(37)38)57-46-23-11-7-18-39(46)40-19-8-12-24-47(40)57)56-53(55-44)35-28-26-34(27-29-35)51-50-42-21-9-13-25-49(42)58-52(50)41-20-6-10-22-43(41)54-51/h1-32H. The third-order valence-electron chi connectivity index (χ3n) is 11.4. The summed E-state index contributed by atoms with van der Waals surface area (Å²) >= 11 is 0. The zero-order valence-corrected chi connectivity index (χ0v) is 31.2. The first-order valence-electron chi connectivity index (χ1n) is 19.5. The molecule has 0 aliphatic carbocycles. The van der Waals surface area contributed by atoms with Crippen molar-refractivity contribution in [3.05, 3.63) is 194 Å². The van der Waals surface area contributed by atoms with Gasteiger partial charge in [-0.3, -0.25) is 0 Å². The van der Waals surface area contributed by atoms with Crippen molar-refractivity contribution in [2.24, 2.45) is 0 Å². The fourth-order valence-electron chi connectivity index (χ4n) is 8.75. The molecule has 0 radical (unpaired) electrons. The summed E-state index contributed by atoms with van der Waals surface area (Å²) in [5.41, 5.74) is 12.7. The van der Waals surface area contributed by atoms with Crippen molar-refractivity contribution in [1.82, 2.24) is 19.5 Å². The maximum atomic E-state index is 6.47. The smallest absolute Gasteiger partial charge is 0.160 e. The second-order valence-corrected chi connectivity index (χ2v) is 14.7. The highest BCUT2D eigenvalue weighted by Gasteiger charge is 2.20. The summed E-state index contributed by atoms with van der Waals surface area (Å²) in [4.78, 5) is 15.7. The van der Waals surface area contributed by atoms with Crippen molar-refractivity contribution in [3.63, 3.8) is 0 Å². The predicted molar refractivity (Wildman–Crippen MR) is 238 cm³/mol. The summed E-state index contributed by atoms with van der Waals surface area (Å²) < 4.78 is 8.86. The van der Waals surface area contributed by atoms with Crippen molar-refractivity contribution in [3.8, 4) is 50.8 Å². The first-order chi connectivity index (χ1) is 28.8. The van der Waals surface area contributed by atoms with Gasteiger partial charge in [0.25, 0.3) is 0 Å². The number of para-hydroxylation sites is 4. The number of hydrogen-bond donors (Lipinski definition) is 0. The molecule has 58 heavy (non-hydrogen) atoms. The Morgan fingerprint density at radius 1 is 0.397 bits per heavy atom. The minimum atomic E-state index is 0.656. The van der Waals surface area contributed by atoms with Crippen LogP contribution in [0.4, 0.5) is 0 Å². The highest BCUT2D eigenvalue weighted by atomic mass is 16.3. The van der Waals surface area contributed by atoms with Crippen LogP contribution in [0.25, 0.3) is 116 Å². The van der Waals surface area contributed by atoms with E-state index in [-0.39, 0.29) is 0 Å². The van der Waals surface area contributed by atoms with Gasteiger partial charge in [0.2, 0.25) is 0 Å². The van der Waals surface area contributed by atoms with Gasteiger partial charge in [-0.1, -0.05) is 152 Å². The molecule has 5 nitrogen and oxygen atoms in total. The Kier molecular flexibility index (Phi) is 7.16. The zero-order valence-electron chi connectivity index (χ0n) is 31.2. The Morgan fingerprint density at radius 2 is 0.983 bits per heavy atom. The summed E-state index contributed by atoms with van der Waals surface area (Å²) in [7, 11) is 0. The van der Waals surface area contributed by atoms with Crippen LogP contribution in [0, 0.1) is 0 Å². The molecule has 0 spiro atoms. The molecular formula is C53H32N4O. The van der Waals surface area contributed by atoms with Gasteiger partial charge in [0.05, 0.1) is 44.7 Å². The molecule has 12 rings (SSSR count). The van der Waals surface area contributed by atoms with E-state index in [0.29, 0.717) is 5.82 Å². The normalized spacial score (nSPS) is 11.8. The van der Waals surface area contributed by atoms with Gasteiger partial charge >= 0.3 is 0 Å². The van der Waals surface area contributed by atoms with E-state index in [0.717, 1.165) is 88.6 Å². The quantitative estimate of drug-likeness (QED) is 0.176. The van der Waals surface area contributed by atoms with Gasteiger partial charge in [0.15, 0.2) is 5.82 Å². The number of hydrogen-bond acceptors (Lipinski definition) is 4. The Morgan fingerprint density at radius 3 is 1.74 bits per heavy atom. The maximum absolute atomic E-state index is 6.47. The van der Waals surface area contributed by atoms with Gasteiger partial charge in [0.1, 0.15) is 11.2 Å². The fourth-order valence-corrected chi connectivity index (χ4v) is 8.75. The van der Waals surface area contributed by atoms with Gasteiger partial charge in [-0.25, -0.2) is 15.0 Å². The summed E-state index contributed by atoms with van der Waals surface area (Å²) in [5, 5.41) is 7.83. The van der Waals surface area contributed by atoms with Crippen LogP contribution < -0.4 is 0 Å². The second-order valence-electron chi connectivity index (χ2n) is 14.7. The molecule has 0 amide bonds. The molecule has 0 atom stereocenters. The SMILES string of the molecule is c1ccc(-c2cc(-c3ccc(-n4c5ccccc5c5ccccc54)c4ccccc34)nc(-c3ccc(-c4nc5ccccc5c5oc6ccccc6c45)cc3)n2)cc1. The van der Waals surface area contributed by atoms with Gasteiger partial charge in [0, 0.05) is 49.2 Å². The number of pyridine rings is 1. The molecule has 0 aliphatic heterocycles. The molecule has 270 valence electrons. The lowest BCUT2D eigenvalue weighted by molar-refractivity contribution is 0.672. The molecule has 12 aromatic rings. The maximum Gasteiger partial charge on any atom is 0.160 e. The van der Waals surface area contributed by atoms with Gasteiger partial charge in [-0.05, 0) is 47.9 Å². The molecule has 0 saturated carbocycles. The Balaban J connectivity index is 1.03. The van der Waals surface area contributed by atoms with Crippen LogP contribution in [-0.4, -0.2) is 19.5 Å². The second kappa shape index (κ2) is 12.8. The van der Waals surface area contributed by atoms with E-state index in [1.807, 2.05) is 36.4 Å². The first kappa shape index (κ1) is 32.4. The monoisotopic (exact) mass is 740 g/mol. The topological polar surface area (TPSA) is 56.7 Å². The molecule has 0 unspecified atom stereocenters. The third-order valence-corrected chi connectivity index (χ3v) is 11.4. The molecule has 4 heterocycles. The van der Waals surface area contributed by atoms with Crippen molar-refractivity contribution in [1.29, 1.82) is 0 Å². The average molecular weight is 741 g/mol. The Hall–Kier alpha value is -7.89. The van der Waals surface area contributed by atoms with Crippen molar-refractivity contribution in [2.75, 3.05) is 0 Å². The van der Waals surface area contributed by atoms with Crippen LogP contribution in [0.1, 0.15) is 0 Å². The van der Waals surface area contributed by atoms with E-state index in [1.54, 1.807) is 0 Å². The number of aromatic nitrogens is 4. The number of furan rings is 1. The lowest BCUT2D eigenvalue weighted by Gasteiger charge is -2.16. The van der Waals surface area contributed by atoms with Gasteiger partial charge in [-0.2, -0.15) is 0 Å². The molecule has 0 saturated heterocycles. The summed E-state index contributed by atoms with van der Waals surface area (Å²) in [5.74, 6) is 0.656.